The van der Waals surface area contributed by atoms with Crippen LogP contribution < -0.4 is 40.3 Å². The van der Waals surface area contributed by atoms with Gasteiger partial charge in [0, 0.05) is 87.5 Å². The zero-order valence-corrected chi connectivity index (χ0v) is 40.8. The van der Waals surface area contributed by atoms with E-state index in [0.717, 1.165) is 67.2 Å². The van der Waals surface area contributed by atoms with Gasteiger partial charge in [-0.2, -0.15) is 4.39 Å². The van der Waals surface area contributed by atoms with E-state index in [2.05, 4.69) is 63.8 Å². The number of nitrogens with zero attached hydrogens (tertiary/aromatic N) is 9. The summed E-state index contributed by atoms with van der Waals surface area (Å²) in [5, 5.41) is 21.6. The molecular weight excluding hydrogens is 926 g/mol. The summed E-state index contributed by atoms with van der Waals surface area (Å²) in [6.45, 7) is 22.7. The fourth-order valence-electron chi connectivity index (χ4n) is 9.03. The molecule has 0 aliphatic carbocycles. The van der Waals surface area contributed by atoms with E-state index in [9.17, 15) is 33.1 Å². The number of anilines is 3. The van der Waals surface area contributed by atoms with Gasteiger partial charge in [-0.25, -0.2) is 38.3 Å². The molecular formula is C50H57F3N10O8. The van der Waals surface area contributed by atoms with E-state index in [1.807, 2.05) is 31.7 Å². The van der Waals surface area contributed by atoms with Crippen LogP contribution in [0.5, 0.6) is 11.5 Å². The van der Waals surface area contributed by atoms with Crippen molar-refractivity contribution < 1.29 is 42.4 Å². The molecule has 2 saturated heterocycles. The molecule has 71 heavy (non-hydrogen) atoms. The Morgan fingerprint density at radius 2 is 1.06 bits per heavy atom. The molecule has 376 valence electrons. The molecule has 0 saturated carbocycles. The third kappa shape index (κ3) is 9.91. The number of carboxylic acid groups (broad SMARTS) is 2. The van der Waals surface area contributed by atoms with Gasteiger partial charge in [0.1, 0.15) is 30.0 Å². The van der Waals surface area contributed by atoms with Crippen molar-refractivity contribution in [3.63, 3.8) is 0 Å². The molecule has 6 aromatic rings. The Labute approximate surface area is 406 Å². The van der Waals surface area contributed by atoms with Crippen LogP contribution in [0, 0.1) is 31.3 Å². The van der Waals surface area contributed by atoms with E-state index in [1.54, 1.807) is 11.5 Å². The Bertz CT molecular complexity index is 3190. The summed E-state index contributed by atoms with van der Waals surface area (Å²) in [6.07, 6.45) is 2.48. The van der Waals surface area contributed by atoms with Crippen molar-refractivity contribution in [2.45, 2.75) is 79.3 Å². The monoisotopic (exact) mass is 982 g/mol. The largest absolute Gasteiger partial charge is 0.487 e. The molecule has 0 unspecified atom stereocenters. The first kappa shape index (κ1) is 50.1. The van der Waals surface area contributed by atoms with Gasteiger partial charge in [-0.15, -0.1) is 0 Å². The van der Waals surface area contributed by atoms with Gasteiger partial charge in [0.15, 0.2) is 23.1 Å². The van der Waals surface area contributed by atoms with Crippen molar-refractivity contribution in [3.05, 3.63) is 108 Å². The van der Waals surface area contributed by atoms with Crippen LogP contribution in [0.3, 0.4) is 0 Å². The van der Waals surface area contributed by atoms with Crippen LogP contribution in [0.25, 0.3) is 21.8 Å². The molecule has 18 nitrogen and oxygen atoms in total. The van der Waals surface area contributed by atoms with Crippen LogP contribution in [0.15, 0.2) is 46.2 Å². The highest BCUT2D eigenvalue weighted by Crippen LogP contribution is 2.42. The number of aryl methyl sites for hydroxylation is 2. The van der Waals surface area contributed by atoms with E-state index in [0.29, 0.717) is 55.3 Å². The fraction of sp³-hybridized carbons (Fsp3) is 0.440. The van der Waals surface area contributed by atoms with E-state index < -0.39 is 45.8 Å². The normalized spacial score (nSPS) is 17.3. The Kier molecular flexibility index (Phi) is 14.3. The molecule has 8 heterocycles. The molecule has 2 fully saturated rings. The zero-order valence-electron chi connectivity index (χ0n) is 40.8. The lowest BCUT2D eigenvalue weighted by Crippen LogP contribution is -2.47. The van der Waals surface area contributed by atoms with Crippen LogP contribution in [0.2, 0.25) is 0 Å². The van der Waals surface area contributed by atoms with Crippen LogP contribution in [0.1, 0.15) is 109 Å². The Morgan fingerprint density at radius 3 is 1.52 bits per heavy atom. The SMILES string of the molecule is C[C@H]1COc2c(F)c(F)cc3c(=O)c(C(=O)O)cn1c23.Cc1cc(C(C)C)nc(N2CCN(c3c(F)cc4c(=O)c(C(=O)O)cn5c4c3OC[C@@H]5C)CC2)n1.Cc1cc(C(C)C)nc(N2CCNCC2)n1. The first-order chi connectivity index (χ1) is 33.7. The maximum Gasteiger partial charge on any atom is 0.341 e. The number of carbonyl (C=O) groups is 2. The van der Waals surface area contributed by atoms with E-state index in [-0.39, 0.29) is 64.6 Å². The molecule has 2 aromatic carbocycles. The minimum Gasteiger partial charge on any atom is -0.487 e. The highest BCUT2D eigenvalue weighted by atomic mass is 19.2. The molecule has 3 N–H and O–H groups in total. The molecule has 0 spiro atoms. The van der Waals surface area contributed by atoms with Gasteiger partial charge in [-0.3, -0.25) is 9.59 Å². The smallest absolute Gasteiger partial charge is 0.341 e. The third-order valence-electron chi connectivity index (χ3n) is 12.9. The van der Waals surface area contributed by atoms with Gasteiger partial charge in [0.2, 0.25) is 28.6 Å². The lowest BCUT2D eigenvalue weighted by molar-refractivity contribution is 0.0683. The summed E-state index contributed by atoms with van der Waals surface area (Å²) < 4.78 is 57.0. The summed E-state index contributed by atoms with van der Waals surface area (Å²) in [5.41, 5.74) is 2.48. The second kappa shape index (κ2) is 20.2. The summed E-state index contributed by atoms with van der Waals surface area (Å²) in [4.78, 5) is 72.3. The van der Waals surface area contributed by atoms with Gasteiger partial charge < -0.3 is 48.8 Å². The number of piperazine rings is 2. The number of hydrogen-bond donors (Lipinski definition) is 3. The lowest BCUT2D eigenvalue weighted by Gasteiger charge is -2.38. The first-order valence-electron chi connectivity index (χ1n) is 23.6. The number of hydrogen-bond acceptors (Lipinski definition) is 14. The Hall–Kier alpha value is -7.29. The van der Waals surface area contributed by atoms with Crippen LogP contribution in [-0.2, 0) is 0 Å². The molecule has 4 aromatic heterocycles. The second-order valence-corrected chi connectivity index (χ2v) is 18.8. The first-order valence-corrected chi connectivity index (χ1v) is 23.6. The Morgan fingerprint density at radius 1 is 0.634 bits per heavy atom. The quantitative estimate of drug-likeness (QED) is 0.154. The number of rotatable bonds is 7. The van der Waals surface area contributed by atoms with Crippen molar-refractivity contribution in [2.75, 3.05) is 80.3 Å². The molecule has 4 aliphatic heterocycles. The van der Waals surface area contributed by atoms with Crippen LogP contribution in [-0.4, -0.2) is 117 Å². The topological polar surface area (TPSA) is 210 Å². The van der Waals surface area contributed by atoms with Crippen molar-refractivity contribution >= 4 is 51.3 Å². The number of aromatic nitrogens is 6. The lowest BCUT2D eigenvalue weighted by atomic mass is 10.1. The number of ether oxygens (including phenoxy) is 2. The maximum absolute atomic E-state index is 15.5. The third-order valence-corrected chi connectivity index (χ3v) is 12.9. The molecule has 21 heteroatoms. The number of aromatic carboxylic acids is 2. The standard InChI is InChI=1S/C25H28FN5O4.C13H9F2NO4.C12H20N4/c1-13(2)19-9-14(3)27-25(28-19)30-7-5-29(6-8-30)21-18(26)10-16-20-23(21)35-12-15(4)31(20)11-17(22(16)32)24(33)34;1-5-4-20-12-9(15)8(14)2-6-10(12)16(5)3-7(11(6)17)13(18)19;1-9(2)11-8-10(3)14-12(15-11)16-6-4-13-5-7-16/h9-11,13,15H,5-8,12H2,1-4H3,(H,33,34);2-3,5H,4H2,1H3,(H,18,19);8-9,13H,4-7H2,1-3H3/t15-;5-;/m00./s1. The molecule has 0 bridgehead atoms. The summed E-state index contributed by atoms with van der Waals surface area (Å²) in [6, 6.07) is 5.43. The van der Waals surface area contributed by atoms with E-state index >= 15 is 4.39 Å². The maximum atomic E-state index is 15.5. The van der Waals surface area contributed by atoms with Crippen LogP contribution in [0.4, 0.5) is 30.8 Å². The highest BCUT2D eigenvalue weighted by Gasteiger charge is 2.33. The van der Waals surface area contributed by atoms with Gasteiger partial charge in [0.25, 0.3) is 0 Å². The summed E-state index contributed by atoms with van der Waals surface area (Å²) in [5.74, 6) is -3.52. The minimum atomic E-state index is -1.41. The van der Waals surface area contributed by atoms with Crippen LogP contribution >= 0.6 is 0 Å². The highest BCUT2D eigenvalue weighted by molar-refractivity contribution is 5.97. The van der Waals surface area contributed by atoms with Crippen molar-refractivity contribution in [3.8, 4) is 11.5 Å². The molecule has 0 radical (unpaired) electrons. The Balaban J connectivity index is 0.000000158. The minimum absolute atomic E-state index is 0.0145. The molecule has 4 aliphatic rings. The number of benzene rings is 2. The summed E-state index contributed by atoms with van der Waals surface area (Å²) >= 11 is 0. The molecule has 2 atom stereocenters. The summed E-state index contributed by atoms with van der Waals surface area (Å²) in [7, 11) is 0. The fourth-order valence-corrected chi connectivity index (χ4v) is 9.03. The van der Waals surface area contributed by atoms with Gasteiger partial charge >= 0.3 is 11.9 Å². The average molecular weight is 983 g/mol. The molecule has 10 rings (SSSR count). The van der Waals surface area contributed by atoms with Gasteiger partial charge in [-0.05, 0) is 63.8 Å². The van der Waals surface area contributed by atoms with Crippen molar-refractivity contribution in [2.24, 2.45) is 0 Å². The molecule has 0 amide bonds. The van der Waals surface area contributed by atoms with E-state index in [1.165, 1.54) is 10.8 Å². The number of carboxylic acids is 2. The second-order valence-electron chi connectivity index (χ2n) is 18.8. The van der Waals surface area contributed by atoms with Crippen molar-refractivity contribution in [1.29, 1.82) is 0 Å². The van der Waals surface area contributed by atoms with Crippen molar-refractivity contribution in [1.82, 2.24) is 34.4 Å². The number of pyridine rings is 2. The number of halogens is 3. The number of nitrogens with one attached hydrogen (secondary N) is 1. The van der Waals surface area contributed by atoms with Gasteiger partial charge in [0.05, 0.1) is 33.9 Å². The van der Waals surface area contributed by atoms with Gasteiger partial charge in [-0.1, -0.05) is 27.7 Å². The average Bonchev–Trinajstić information content (AvgIpc) is 3.33. The zero-order chi connectivity index (χ0) is 51.2. The predicted octanol–water partition coefficient (Wildman–Crippen LogP) is 6.59. The van der Waals surface area contributed by atoms with E-state index in [4.69, 9.17) is 19.6 Å². The predicted molar refractivity (Wildman–Crippen MR) is 262 cm³/mol.